The second kappa shape index (κ2) is 5.10. The molecule has 0 fully saturated rings. The fourth-order valence-electron chi connectivity index (χ4n) is 1.29. The average molecular weight is 303 g/mol. The summed E-state index contributed by atoms with van der Waals surface area (Å²) in [5.74, 6) is -2.95. The predicted octanol–water partition coefficient (Wildman–Crippen LogP) is 2.84. The summed E-state index contributed by atoms with van der Waals surface area (Å²) < 4.78 is 77.8. The van der Waals surface area contributed by atoms with E-state index in [9.17, 15) is 31.1 Å². The third kappa shape index (κ3) is 3.45. The monoisotopic (exact) mass is 303 g/mol. The number of para-hydroxylation sites is 1. The Morgan fingerprint density at radius 3 is 2.05 bits per heavy atom. The number of nitrogens with two attached hydrogens (primary N) is 1. The van der Waals surface area contributed by atoms with Crippen LogP contribution in [0.4, 0.5) is 32.0 Å². The first-order valence-corrected chi connectivity index (χ1v) is 4.86. The molecule has 0 amide bonds. The van der Waals surface area contributed by atoms with Gasteiger partial charge in [0.25, 0.3) is 6.10 Å². The Kier molecular flexibility index (Phi) is 4.06. The van der Waals surface area contributed by atoms with Crippen LogP contribution in [-0.2, 0) is 0 Å². The Morgan fingerprint density at radius 1 is 1.15 bits per heavy atom. The van der Waals surface area contributed by atoms with Gasteiger partial charge in [0.05, 0.1) is 5.69 Å². The fraction of sp³-hybridized carbons (Fsp3) is 0.300. The molecule has 0 spiro atoms. The maximum absolute atomic E-state index is 12.3. The third-order valence-electron chi connectivity index (χ3n) is 2.11. The molecule has 10 heteroatoms. The lowest BCUT2D eigenvalue weighted by atomic mass is 10.1. The van der Waals surface area contributed by atoms with Crippen LogP contribution in [0.2, 0.25) is 0 Å². The van der Waals surface area contributed by atoms with Crippen molar-refractivity contribution in [3.05, 3.63) is 23.8 Å². The van der Waals surface area contributed by atoms with Gasteiger partial charge in [0.15, 0.2) is 5.75 Å². The highest BCUT2D eigenvalue weighted by molar-refractivity contribution is 5.93. The number of benzene rings is 1. The molecule has 3 N–H and O–H groups in total. The summed E-state index contributed by atoms with van der Waals surface area (Å²) in [6, 6.07) is 2.76. The highest BCUT2D eigenvalue weighted by atomic mass is 19.4. The van der Waals surface area contributed by atoms with Gasteiger partial charge in [0.2, 0.25) is 0 Å². The highest BCUT2D eigenvalue weighted by Gasteiger charge is 2.59. The first-order valence-electron chi connectivity index (χ1n) is 4.86. The number of alkyl halides is 6. The van der Waals surface area contributed by atoms with Crippen LogP contribution in [0.15, 0.2) is 18.2 Å². The van der Waals surface area contributed by atoms with Gasteiger partial charge in [-0.15, -0.1) is 0 Å². The minimum atomic E-state index is -5.77. The molecule has 112 valence electrons. The number of rotatable bonds is 3. The van der Waals surface area contributed by atoms with Gasteiger partial charge in [-0.25, -0.2) is 4.79 Å². The summed E-state index contributed by atoms with van der Waals surface area (Å²) in [5.41, 5.74) is 3.62. The van der Waals surface area contributed by atoms with E-state index in [0.29, 0.717) is 0 Å². The van der Waals surface area contributed by atoms with Crippen LogP contribution >= 0.6 is 0 Å². The average Bonchev–Trinajstić information content (AvgIpc) is 2.23. The number of aromatic carboxylic acids is 1. The van der Waals surface area contributed by atoms with Crippen molar-refractivity contribution < 1.29 is 41.0 Å². The van der Waals surface area contributed by atoms with Crippen LogP contribution in [0.1, 0.15) is 10.4 Å². The maximum atomic E-state index is 12.3. The molecule has 0 aliphatic heterocycles. The van der Waals surface area contributed by atoms with Gasteiger partial charge >= 0.3 is 18.3 Å². The lowest BCUT2D eigenvalue weighted by Gasteiger charge is -2.25. The number of nitrogen functional groups attached to an aromatic ring is 1. The standard InChI is InChI=1S/C10H7F6NO3/c11-9(12,13)8(10(14,15)16)20-6-4(7(18)19)2-1-3-5(6)17/h1-3,8H,17H2,(H,18,19). The maximum Gasteiger partial charge on any atom is 0.434 e. The van der Waals surface area contributed by atoms with Crippen molar-refractivity contribution in [1.29, 1.82) is 0 Å². The molecule has 0 unspecified atom stereocenters. The summed E-state index contributed by atoms with van der Waals surface area (Å²) in [7, 11) is 0. The molecule has 0 radical (unpaired) electrons. The van der Waals surface area contributed by atoms with E-state index >= 15 is 0 Å². The van der Waals surface area contributed by atoms with E-state index in [0.717, 1.165) is 18.2 Å². The zero-order chi connectivity index (χ0) is 15.7. The molecule has 0 aromatic heterocycles. The van der Waals surface area contributed by atoms with Crippen LogP contribution in [0.3, 0.4) is 0 Å². The Morgan fingerprint density at radius 2 is 1.65 bits per heavy atom. The summed E-state index contributed by atoms with van der Waals surface area (Å²) in [6.07, 6.45) is -15.7. The molecule has 1 aromatic carbocycles. The summed E-state index contributed by atoms with van der Waals surface area (Å²) >= 11 is 0. The number of carboxylic acids is 1. The quantitative estimate of drug-likeness (QED) is 0.665. The smallest absolute Gasteiger partial charge is 0.434 e. The van der Waals surface area contributed by atoms with Gasteiger partial charge in [-0.1, -0.05) is 6.07 Å². The van der Waals surface area contributed by atoms with Crippen molar-refractivity contribution in [3.8, 4) is 5.75 Å². The molecular formula is C10H7F6NO3. The van der Waals surface area contributed by atoms with Crippen LogP contribution < -0.4 is 10.5 Å². The minimum absolute atomic E-state index is 0.650. The summed E-state index contributed by atoms with van der Waals surface area (Å²) in [6.45, 7) is 0. The zero-order valence-corrected chi connectivity index (χ0v) is 9.42. The molecule has 1 aromatic rings. The van der Waals surface area contributed by atoms with E-state index in [1.807, 2.05) is 0 Å². The largest absolute Gasteiger partial charge is 0.478 e. The van der Waals surface area contributed by atoms with E-state index in [-0.39, 0.29) is 0 Å². The molecule has 4 nitrogen and oxygen atoms in total. The Hall–Kier alpha value is -2.13. The van der Waals surface area contributed by atoms with E-state index in [1.54, 1.807) is 0 Å². The van der Waals surface area contributed by atoms with Crippen molar-refractivity contribution in [1.82, 2.24) is 0 Å². The van der Waals surface area contributed by atoms with Crippen molar-refractivity contribution >= 4 is 11.7 Å². The van der Waals surface area contributed by atoms with Gasteiger partial charge in [-0.2, -0.15) is 26.3 Å². The first kappa shape index (κ1) is 15.9. The van der Waals surface area contributed by atoms with Gasteiger partial charge in [0, 0.05) is 0 Å². The second-order valence-electron chi connectivity index (χ2n) is 3.61. The van der Waals surface area contributed by atoms with Crippen molar-refractivity contribution in [3.63, 3.8) is 0 Å². The van der Waals surface area contributed by atoms with Crippen molar-refractivity contribution in [2.24, 2.45) is 0 Å². The van der Waals surface area contributed by atoms with Gasteiger partial charge in [-0.3, -0.25) is 0 Å². The van der Waals surface area contributed by atoms with Crippen molar-refractivity contribution in [2.75, 3.05) is 5.73 Å². The first-order chi connectivity index (χ1) is 8.94. The molecule has 0 heterocycles. The van der Waals surface area contributed by atoms with Gasteiger partial charge in [-0.05, 0) is 12.1 Å². The van der Waals surface area contributed by atoms with Crippen molar-refractivity contribution in [2.45, 2.75) is 18.5 Å². The molecule has 0 saturated carbocycles. The van der Waals surface area contributed by atoms with E-state index in [4.69, 9.17) is 10.8 Å². The van der Waals surface area contributed by atoms with Crippen LogP contribution in [0.25, 0.3) is 0 Å². The van der Waals surface area contributed by atoms with Gasteiger partial charge in [0.1, 0.15) is 5.56 Å². The van der Waals surface area contributed by atoms with Gasteiger partial charge < -0.3 is 15.6 Å². The Labute approximate surface area is 107 Å². The second-order valence-corrected chi connectivity index (χ2v) is 3.61. The molecular weight excluding hydrogens is 296 g/mol. The van der Waals surface area contributed by atoms with E-state index < -0.39 is 41.4 Å². The third-order valence-corrected chi connectivity index (χ3v) is 2.11. The normalized spacial score (nSPS) is 12.6. The zero-order valence-electron chi connectivity index (χ0n) is 9.42. The summed E-state index contributed by atoms with van der Waals surface area (Å²) in [4.78, 5) is 10.8. The number of halogens is 6. The van der Waals surface area contributed by atoms with E-state index in [2.05, 4.69) is 4.74 Å². The predicted molar refractivity (Wildman–Crippen MR) is 54.3 cm³/mol. The summed E-state index contributed by atoms with van der Waals surface area (Å²) in [5, 5.41) is 8.71. The van der Waals surface area contributed by atoms with Crippen LogP contribution in [-0.4, -0.2) is 29.5 Å². The number of ether oxygens (including phenoxy) is 1. The molecule has 0 aliphatic carbocycles. The van der Waals surface area contributed by atoms with E-state index in [1.165, 1.54) is 0 Å². The number of hydrogen-bond donors (Lipinski definition) is 2. The molecule has 0 bridgehead atoms. The fourth-order valence-corrected chi connectivity index (χ4v) is 1.29. The van der Waals surface area contributed by atoms with Crippen LogP contribution in [0.5, 0.6) is 5.75 Å². The molecule has 0 atom stereocenters. The lowest BCUT2D eigenvalue weighted by Crippen LogP contribution is -2.46. The number of carboxylic acid groups (broad SMARTS) is 1. The topological polar surface area (TPSA) is 72.6 Å². The molecule has 0 aliphatic rings. The van der Waals surface area contributed by atoms with Crippen LogP contribution in [0, 0.1) is 0 Å². The molecule has 20 heavy (non-hydrogen) atoms. The Bertz CT molecular complexity index is 497. The highest BCUT2D eigenvalue weighted by Crippen LogP contribution is 2.39. The number of anilines is 1. The minimum Gasteiger partial charge on any atom is -0.478 e. The number of carbonyl (C=O) groups is 1. The Balaban J connectivity index is 3.29. The SMILES string of the molecule is Nc1cccc(C(=O)O)c1OC(C(F)(F)F)C(F)(F)F. The molecule has 1 rings (SSSR count). The molecule has 0 saturated heterocycles. The number of hydrogen-bond acceptors (Lipinski definition) is 3. The lowest BCUT2D eigenvalue weighted by molar-refractivity contribution is -0.299.